The number of benzene rings is 2. The van der Waals surface area contributed by atoms with Gasteiger partial charge in [-0.2, -0.15) is 13.2 Å². The van der Waals surface area contributed by atoms with Gasteiger partial charge in [0.1, 0.15) is 12.4 Å². The van der Waals surface area contributed by atoms with Gasteiger partial charge < -0.3 is 4.74 Å². The van der Waals surface area contributed by atoms with Crippen LogP contribution < -0.4 is 4.74 Å². The lowest BCUT2D eigenvalue weighted by molar-refractivity contribution is -0.0328. The van der Waals surface area contributed by atoms with E-state index in [0.29, 0.717) is 11.3 Å². The number of alkyl halides is 3. The van der Waals surface area contributed by atoms with Crippen molar-refractivity contribution in [2.75, 3.05) is 0 Å². The molecular weight excluding hydrogens is 273 g/mol. The Labute approximate surface area is 113 Å². The zero-order chi connectivity index (χ0) is 13.7. The van der Waals surface area contributed by atoms with E-state index in [9.17, 15) is 13.2 Å². The quantitative estimate of drug-likeness (QED) is 0.754. The van der Waals surface area contributed by atoms with Gasteiger partial charge in [0.25, 0.3) is 0 Å². The summed E-state index contributed by atoms with van der Waals surface area (Å²) in [5, 5.41) is 0. The van der Waals surface area contributed by atoms with Crippen LogP contribution in [0, 0.1) is 6.07 Å². The molecule has 0 aromatic heterocycles. The van der Waals surface area contributed by atoms with Crippen molar-refractivity contribution in [1.82, 2.24) is 0 Å². The lowest BCUT2D eigenvalue weighted by Crippen LogP contribution is -2.00. The molecule has 0 saturated carbocycles. The molecule has 0 aliphatic heterocycles. The van der Waals surface area contributed by atoms with Crippen molar-refractivity contribution in [2.45, 2.75) is 17.0 Å². The molecule has 2 rings (SSSR count). The lowest BCUT2D eigenvalue weighted by Gasteiger charge is -2.08. The molecule has 0 unspecified atom stereocenters. The molecule has 0 N–H and O–H groups in total. The third kappa shape index (κ3) is 4.87. The third-order valence-corrected chi connectivity index (χ3v) is 2.93. The van der Waals surface area contributed by atoms with Crippen LogP contribution in [0.5, 0.6) is 5.75 Å². The Morgan fingerprint density at radius 1 is 1.11 bits per heavy atom. The summed E-state index contributed by atoms with van der Waals surface area (Å²) < 4.78 is 42.2. The number of hydrogen-bond acceptors (Lipinski definition) is 2. The molecule has 5 heteroatoms. The van der Waals surface area contributed by atoms with Crippen molar-refractivity contribution >= 4 is 11.8 Å². The predicted molar refractivity (Wildman–Crippen MR) is 68.0 cm³/mol. The minimum absolute atomic E-state index is 0.127. The molecule has 0 spiro atoms. The molecular formula is C14H10F3OS. The highest BCUT2D eigenvalue weighted by molar-refractivity contribution is 8.00. The fourth-order valence-electron chi connectivity index (χ4n) is 1.46. The summed E-state index contributed by atoms with van der Waals surface area (Å²) in [4.78, 5) is 0.158. The third-order valence-electron chi connectivity index (χ3n) is 2.21. The van der Waals surface area contributed by atoms with Crippen LogP contribution in [-0.2, 0) is 6.61 Å². The monoisotopic (exact) mass is 283 g/mol. The maximum atomic E-state index is 12.3. The molecule has 1 radical (unpaired) electrons. The first-order valence-corrected chi connectivity index (χ1v) is 6.29. The van der Waals surface area contributed by atoms with Gasteiger partial charge in [-0.25, -0.2) is 0 Å². The standard InChI is InChI=1S/C14H10F3OS/c15-14(16,17)19-13-8-4-5-11(9-13)10-18-12-6-2-1-3-7-12/h1-6,8-9H,10H2. The van der Waals surface area contributed by atoms with Crippen molar-refractivity contribution in [3.8, 4) is 5.75 Å². The highest BCUT2D eigenvalue weighted by Crippen LogP contribution is 2.36. The molecule has 0 amide bonds. The van der Waals surface area contributed by atoms with Crippen LogP contribution in [0.25, 0.3) is 0 Å². The van der Waals surface area contributed by atoms with E-state index in [1.807, 2.05) is 12.1 Å². The molecule has 0 aliphatic carbocycles. The molecule has 0 aliphatic rings. The molecule has 99 valence electrons. The summed E-state index contributed by atoms with van der Waals surface area (Å²) in [6.07, 6.45) is 0. The second-order valence-corrected chi connectivity index (χ2v) is 4.85. The van der Waals surface area contributed by atoms with Gasteiger partial charge in [0.2, 0.25) is 0 Å². The van der Waals surface area contributed by atoms with Crippen LogP contribution in [0.15, 0.2) is 53.4 Å². The van der Waals surface area contributed by atoms with E-state index in [4.69, 9.17) is 4.74 Å². The van der Waals surface area contributed by atoms with Gasteiger partial charge in [0.15, 0.2) is 0 Å². The van der Waals surface area contributed by atoms with Gasteiger partial charge in [-0.1, -0.05) is 30.3 Å². The van der Waals surface area contributed by atoms with E-state index in [-0.39, 0.29) is 23.3 Å². The van der Waals surface area contributed by atoms with E-state index in [1.54, 1.807) is 24.3 Å². The van der Waals surface area contributed by atoms with E-state index in [2.05, 4.69) is 6.07 Å². The number of rotatable bonds is 4. The summed E-state index contributed by atoms with van der Waals surface area (Å²) in [5.41, 5.74) is -3.58. The largest absolute Gasteiger partial charge is 0.488 e. The fraction of sp³-hybridized carbons (Fsp3) is 0.143. The van der Waals surface area contributed by atoms with Crippen LogP contribution in [-0.4, -0.2) is 5.51 Å². The van der Waals surface area contributed by atoms with Crippen molar-refractivity contribution in [2.24, 2.45) is 0 Å². The van der Waals surface area contributed by atoms with Gasteiger partial charge in [-0.15, -0.1) is 0 Å². The number of halogens is 3. The Bertz CT molecular complexity index is 526. The highest BCUT2D eigenvalue weighted by Gasteiger charge is 2.29. The van der Waals surface area contributed by atoms with E-state index >= 15 is 0 Å². The molecule has 19 heavy (non-hydrogen) atoms. The fourth-order valence-corrected chi connectivity index (χ4v) is 2.08. The molecule has 0 bridgehead atoms. The van der Waals surface area contributed by atoms with Crippen molar-refractivity contribution in [1.29, 1.82) is 0 Å². The maximum absolute atomic E-state index is 12.3. The molecule has 0 atom stereocenters. The van der Waals surface area contributed by atoms with Gasteiger partial charge >= 0.3 is 5.51 Å². The lowest BCUT2D eigenvalue weighted by atomic mass is 10.2. The number of thioether (sulfide) groups is 1. The second kappa shape index (κ2) is 6.02. The summed E-state index contributed by atoms with van der Waals surface area (Å²) in [6, 6.07) is 16.2. The number of para-hydroxylation sites is 1. The Morgan fingerprint density at radius 3 is 2.63 bits per heavy atom. The van der Waals surface area contributed by atoms with Crippen molar-refractivity contribution in [3.05, 3.63) is 60.2 Å². The highest BCUT2D eigenvalue weighted by atomic mass is 32.2. The SMILES string of the molecule is FC(F)(F)Sc1cccc(COc2[c]cccc2)c1. The van der Waals surface area contributed by atoms with E-state index in [0.717, 1.165) is 0 Å². The van der Waals surface area contributed by atoms with Crippen LogP contribution >= 0.6 is 11.8 Å². The number of ether oxygens (including phenoxy) is 1. The Morgan fingerprint density at radius 2 is 1.95 bits per heavy atom. The van der Waals surface area contributed by atoms with Gasteiger partial charge in [0.05, 0.1) is 0 Å². The van der Waals surface area contributed by atoms with Gasteiger partial charge in [0, 0.05) is 11.0 Å². The molecule has 2 aromatic carbocycles. The normalized spacial score (nSPS) is 11.3. The number of hydrogen-bond donors (Lipinski definition) is 0. The first-order valence-electron chi connectivity index (χ1n) is 5.47. The van der Waals surface area contributed by atoms with Gasteiger partial charge in [-0.05, 0) is 35.5 Å². The topological polar surface area (TPSA) is 9.23 Å². The Balaban J connectivity index is 1.99. The Hall–Kier alpha value is -1.62. The summed E-state index contributed by atoms with van der Waals surface area (Å²) in [5.74, 6) is 0.566. The molecule has 0 saturated heterocycles. The van der Waals surface area contributed by atoms with Crippen LogP contribution in [0.1, 0.15) is 5.56 Å². The van der Waals surface area contributed by atoms with E-state index in [1.165, 1.54) is 12.1 Å². The van der Waals surface area contributed by atoms with Crippen LogP contribution in [0.4, 0.5) is 13.2 Å². The minimum atomic E-state index is -4.27. The molecule has 0 fully saturated rings. The zero-order valence-electron chi connectivity index (χ0n) is 9.78. The average Bonchev–Trinajstić information content (AvgIpc) is 2.36. The Kier molecular flexibility index (Phi) is 4.37. The first-order chi connectivity index (χ1) is 9.03. The minimum Gasteiger partial charge on any atom is -0.488 e. The smallest absolute Gasteiger partial charge is 0.446 e. The van der Waals surface area contributed by atoms with Crippen molar-refractivity contribution < 1.29 is 17.9 Å². The summed E-state index contributed by atoms with van der Waals surface area (Å²) >= 11 is -0.127. The van der Waals surface area contributed by atoms with Crippen LogP contribution in [0.2, 0.25) is 0 Å². The second-order valence-electron chi connectivity index (χ2n) is 3.71. The molecule has 1 nitrogen and oxygen atoms in total. The van der Waals surface area contributed by atoms with E-state index < -0.39 is 5.51 Å². The van der Waals surface area contributed by atoms with Gasteiger partial charge in [-0.3, -0.25) is 0 Å². The predicted octanol–water partition coefficient (Wildman–Crippen LogP) is 4.68. The van der Waals surface area contributed by atoms with Crippen molar-refractivity contribution in [3.63, 3.8) is 0 Å². The molecule has 0 heterocycles. The molecule has 2 aromatic rings. The van der Waals surface area contributed by atoms with Crippen LogP contribution in [0.3, 0.4) is 0 Å². The summed E-state index contributed by atoms with van der Waals surface area (Å²) in [7, 11) is 0. The zero-order valence-corrected chi connectivity index (χ0v) is 10.6. The average molecular weight is 283 g/mol. The first kappa shape index (κ1) is 13.8. The maximum Gasteiger partial charge on any atom is 0.446 e. The summed E-state index contributed by atoms with van der Waals surface area (Å²) in [6.45, 7) is 0.215.